The van der Waals surface area contributed by atoms with Crippen molar-refractivity contribution in [1.29, 1.82) is 0 Å². The van der Waals surface area contributed by atoms with Gasteiger partial charge in [0.15, 0.2) is 0 Å². The molecule has 0 aliphatic rings. The SMILES string of the molecule is CC(=CC(C)c1ccncc1)c1ccccc1. The lowest BCUT2D eigenvalue weighted by molar-refractivity contribution is 0.961. The largest absolute Gasteiger partial charge is 0.265 e. The summed E-state index contributed by atoms with van der Waals surface area (Å²) in [4.78, 5) is 4.04. The Hall–Kier alpha value is -1.89. The maximum Gasteiger partial charge on any atom is 0.0270 e. The van der Waals surface area contributed by atoms with Crippen LogP contribution in [0, 0.1) is 0 Å². The van der Waals surface area contributed by atoms with Crippen LogP contribution in [0.3, 0.4) is 0 Å². The van der Waals surface area contributed by atoms with E-state index in [1.165, 1.54) is 16.7 Å². The third-order valence-electron chi connectivity index (χ3n) is 2.96. The molecule has 1 aromatic heterocycles. The van der Waals surface area contributed by atoms with Gasteiger partial charge in [-0.05, 0) is 41.7 Å². The number of pyridine rings is 1. The molecule has 0 aliphatic carbocycles. The van der Waals surface area contributed by atoms with Crippen molar-refractivity contribution in [3.8, 4) is 0 Å². The highest BCUT2D eigenvalue weighted by Crippen LogP contribution is 2.21. The third kappa shape index (κ3) is 3.04. The first-order valence-electron chi connectivity index (χ1n) is 5.91. The third-order valence-corrected chi connectivity index (χ3v) is 2.96. The van der Waals surface area contributed by atoms with Gasteiger partial charge >= 0.3 is 0 Å². The maximum atomic E-state index is 4.04. The Bertz CT molecular complexity index is 485. The quantitative estimate of drug-likeness (QED) is 0.756. The number of rotatable bonds is 3. The molecular weight excluding hydrogens is 206 g/mol. The molecule has 0 amide bonds. The smallest absolute Gasteiger partial charge is 0.0270 e. The second-order valence-electron chi connectivity index (χ2n) is 4.28. The molecule has 1 aromatic carbocycles. The zero-order valence-corrected chi connectivity index (χ0v) is 10.3. The Kier molecular flexibility index (Phi) is 3.71. The summed E-state index contributed by atoms with van der Waals surface area (Å²) in [5.74, 6) is 0.415. The fourth-order valence-corrected chi connectivity index (χ4v) is 1.94. The molecule has 2 rings (SSSR count). The van der Waals surface area contributed by atoms with Crippen LogP contribution in [0.1, 0.15) is 30.9 Å². The van der Waals surface area contributed by atoms with E-state index in [4.69, 9.17) is 0 Å². The Morgan fingerprint density at radius 2 is 1.71 bits per heavy atom. The monoisotopic (exact) mass is 223 g/mol. The van der Waals surface area contributed by atoms with E-state index in [0.29, 0.717) is 5.92 Å². The molecule has 0 radical (unpaired) electrons. The van der Waals surface area contributed by atoms with Gasteiger partial charge in [0, 0.05) is 12.4 Å². The molecule has 0 bridgehead atoms. The van der Waals surface area contributed by atoms with Crippen molar-refractivity contribution < 1.29 is 0 Å². The first kappa shape index (κ1) is 11.6. The van der Waals surface area contributed by atoms with E-state index in [1.807, 2.05) is 18.5 Å². The summed E-state index contributed by atoms with van der Waals surface area (Å²) < 4.78 is 0. The van der Waals surface area contributed by atoms with E-state index in [9.17, 15) is 0 Å². The predicted molar refractivity (Wildman–Crippen MR) is 72.7 cm³/mol. The lowest BCUT2D eigenvalue weighted by atomic mass is 9.97. The highest BCUT2D eigenvalue weighted by Gasteiger charge is 2.02. The van der Waals surface area contributed by atoms with Crippen LogP contribution in [-0.4, -0.2) is 4.98 Å². The predicted octanol–water partition coefficient (Wildman–Crippen LogP) is 4.29. The molecule has 0 saturated heterocycles. The molecule has 2 aromatic rings. The van der Waals surface area contributed by atoms with Crippen molar-refractivity contribution >= 4 is 5.57 Å². The second-order valence-corrected chi connectivity index (χ2v) is 4.28. The van der Waals surface area contributed by atoms with Gasteiger partial charge in [-0.2, -0.15) is 0 Å². The molecular formula is C16H17N. The molecule has 0 spiro atoms. The van der Waals surface area contributed by atoms with Crippen LogP contribution >= 0.6 is 0 Å². The average Bonchev–Trinajstić information content (AvgIpc) is 2.40. The van der Waals surface area contributed by atoms with Gasteiger partial charge in [-0.15, -0.1) is 0 Å². The van der Waals surface area contributed by atoms with Crippen LogP contribution < -0.4 is 0 Å². The van der Waals surface area contributed by atoms with Crippen LogP contribution in [0.15, 0.2) is 60.9 Å². The number of hydrogen-bond acceptors (Lipinski definition) is 1. The van der Waals surface area contributed by atoms with Crippen LogP contribution in [-0.2, 0) is 0 Å². The summed E-state index contributed by atoms with van der Waals surface area (Å²) in [5.41, 5.74) is 3.90. The molecule has 0 fully saturated rings. The molecule has 1 nitrogen and oxygen atoms in total. The topological polar surface area (TPSA) is 12.9 Å². The highest BCUT2D eigenvalue weighted by molar-refractivity contribution is 5.64. The number of nitrogens with zero attached hydrogens (tertiary/aromatic N) is 1. The van der Waals surface area contributed by atoms with Gasteiger partial charge in [0.2, 0.25) is 0 Å². The molecule has 0 aliphatic heterocycles. The Morgan fingerprint density at radius 1 is 1.06 bits per heavy atom. The normalized spacial score (nSPS) is 13.4. The summed E-state index contributed by atoms with van der Waals surface area (Å²) >= 11 is 0. The lowest BCUT2D eigenvalue weighted by Gasteiger charge is -2.09. The van der Waals surface area contributed by atoms with Gasteiger partial charge < -0.3 is 0 Å². The molecule has 1 heteroatoms. The highest BCUT2D eigenvalue weighted by atomic mass is 14.6. The van der Waals surface area contributed by atoms with E-state index in [-0.39, 0.29) is 0 Å². The molecule has 86 valence electrons. The Morgan fingerprint density at radius 3 is 2.35 bits per heavy atom. The first-order chi connectivity index (χ1) is 8.27. The van der Waals surface area contributed by atoms with Crippen LogP contribution in [0.2, 0.25) is 0 Å². The van der Waals surface area contributed by atoms with E-state index >= 15 is 0 Å². The van der Waals surface area contributed by atoms with E-state index < -0.39 is 0 Å². The number of hydrogen-bond donors (Lipinski definition) is 0. The van der Waals surface area contributed by atoms with Crippen molar-refractivity contribution in [1.82, 2.24) is 4.98 Å². The van der Waals surface area contributed by atoms with Crippen molar-refractivity contribution in [2.75, 3.05) is 0 Å². The lowest BCUT2D eigenvalue weighted by Crippen LogP contribution is -1.90. The molecule has 1 heterocycles. The van der Waals surface area contributed by atoms with Gasteiger partial charge in [-0.3, -0.25) is 4.98 Å². The van der Waals surface area contributed by atoms with Gasteiger partial charge in [-0.25, -0.2) is 0 Å². The van der Waals surface area contributed by atoms with Gasteiger partial charge in [0.05, 0.1) is 0 Å². The number of benzene rings is 1. The number of allylic oxidation sites excluding steroid dienone is 2. The minimum Gasteiger partial charge on any atom is -0.265 e. The maximum absolute atomic E-state index is 4.04. The van der Waals surface area contributed by atoms with E-state index in [0.717, 1.165) is 0 Å². The van der Waals surface area contributed by atoms with E-state index in [1.54, 1.807) is 0 Å². The first-order valence-corrected chi connectivity index (χ1v) is 5.91. The van der Waals surface area contributed by atoms with Gasteiger partial charge in [0.1, 0.15) is 0 Å². The average molecular weight is 223 g/mol. The Balaban J connectivity index is 2.20. The zero-order valence-electron chi connectivity index (χ0n) is 10.3. The van der Waals surface area contributed by atoms with Crippen molar-refractivity contribution in [2.24, 2.45) is 0 Å². The summed E-state index contributed by atoms with van der Waals surface area (Å²) in [7, 11) is 0. The zero-order chi connectivity index (χ0) is 12.1. The Labute approximate surface area is 103 Å². The second kappa shape index (κ2) is 5.44. The number of aromatic nitrogens is 1. The minimum atomic E-state index is 0.415. The molecule has 1 atom stereocenters. The van der Waals surface area contributed by atoms with Crippen LogP contribution in [0.4, 0.5) is 0 Å². The van der Waals surface area contributed by atoms with Crippen LogP contribution in [0.5, 0.6) is 0 Å². The van der Waals surface area contributed by atoms with Gasteiger partial charge in [-0.1, -0.05) is 43.3 Å². The fraction of sp³-hybridized carbons (Fsp3) is 0.188. The molecule has 0 N–H and O–H groups in total. The van der Waals surface area contributed by atoms with Crippen molar-refractivity contribution in [3.05, 3.63) is 72.1 Å². The summed E-state index contributed by atoms with van der Waals surface area (Å²) in [6.45, 7) is 4.37. The van der Waals surface area contributed by atoms with Crippen molar-refractivity contribution in [3.63, 3.8) is 0 Å². The molecule has 0 saturated carbocycles. The van der Waals surface area contributed by atoms with Gasteiger partial charge in [0.25, 0.3) is 0 Å². The van der Waals surface area contributed by atoms with Crippen LogP contribution in [0.25, 0.3) is 5.57 Å². The fourth-order valence-electron chi connectivity index (χ4n) is 1.94. The summed E-state index contributed by atoms with van der Waals surface area (Å²) in [5, 5.41) is 0. The molecule has 17 heavy (non-hydrogen) atoms. The molecule has 1 unspecified atom stereocenters. The summed E-state index contributed by atoms with van der Waals surface area (Å²) in [6, 6.07) is 14.6. The standard InChI is InChI=1S/C16H17N/c1-13(15-6-4-3-5-7-15)12-14(2)16-8-10-17-11-9-16/h3-12,14H,1-2H3. The minimum absolute atomic E-state index is 0.415. The summed E-state index contributed by atoms with van der Waals surface area (Å²) in [6.07, 6.45) is 5.99. The van der Waals surface area contributed by atoms with Crippen molar-refractivity contribution in [2.45, 2.75) is 19.8 Å². The van der Waals surface area contributed by atoms with E-state index in [2.05, 4.69) is 61.3 Å².